The maximum atomic E-state index is 4.23. The van der Waals surface area contributed by atoms with Crippen LogP contribution >= 0.6 is 0 Å². The summed E-state index contributed by atoms with van der Waals surface area (Å²) in [6.45, 7) is 0.679. The lowest BCUT2D eigenvalue weighted by Gasteiger charge is -2.07. The molecule has 3 aromatic rings. The van der Waals surface area contributed by atoms with Crippen molar-refractivity contribution in [1.82, 2.24) is 9.97 Å². The van der Waals surface area contributed by atoms with Crippen molar-refractivity contribution < 1.29 is 0 Å². The van der Waals surface area contributed by atoms with Gasteiger partial charge in [0.15, 0.2) is 0 Å². The molecular weight excluding hydrogens is 246 g/mol. The fourth-order valence-electron chi connectivity index (χ4n) is 2.03. The second-order valence-electron chi connectivity index (χ2n) is 4.49. The van der Waals surface area contributed by atoms with Crippen LogP contribution in [0, 0.1) is 0 Å². The largest absolute Gasteiger partial charge is 0.379 e. The summed E-state index contributed by atoms with van der Waals surface area (Å²) in [6, 6.07) is 18.8. The summed E-state index contributed by atoms with van der Waals surface area (Å²) in [6.07, 6.45) is 5.15. The van der Waals surface area contributed by atoms with Crippen LogP contribution in [-0.4, -0.2) is 9.97 Å². The standard InChI is InChI=1S/C17H15N3/c1-2-4-14(5-3-1)15-6-8-16(9-7-15)20-13-17-12-18-10-11-19-17/h1-12,20H,13H2. The van der Waals surface area contributed by atoms with Crippen LogP contribution in [0.3, 0.4) is 0 Å². The lowest BCUT2D eigenvalue weighted by atomic mass is 10.1. The SMILES string of the molecule is c1ccc(-c2ccc(NCc3cnccn3)cc2)cc1. The van der Waals surface area contributed by atoms with Gasteiger partial charge in [-0.1, -0.05) is 42.5 Å². The number of aromatic nitrogens is 2. The van der Waals surface area contributed by atoms with Gasteiger partial charge >= 0.3 is 0 Å². The summed E-state index contributed by atoms with van der Waals surface area (Å²) in [4.78, 5) is 8.28. The van der Waals surface area contributed by atoms with Crippen molar-refractivity contribution in [3.63, 3.8) is 0 Å². The lowest BCUT2D eigenvalue weighted by Crippen LogP contribution is -2.01. The summed E-state index contributed by atoms with van der Waals surface area (Å²) in [5.74, 6) is 0. The Morgan fingerprint density at radius 1 is 0.800 bits per heavy atom. The van der Waals surface area contributed by atoms with Gasteiger partial charge in [-0.3, -0.25) is 9.97 Å². The van der Waals surface area contributed by atoms with Gasteiger partial charge in [-0.25, -0.2) is 0 Å². The molecule has 20 heavy (non-hydrogen) atoms. The molecule has 0 aliphatic rings. The molecule has 1 heterocycles. The molecule has 0 aliphatic carbocycles. The Morgan fingerprint density at radius 3 is 2.25 bits per heavy atom. The molecule has 3 rings (SSSR count). The van der Waals surface area contributed by atoms with Crippen LogP contribution in [-0.2, 0) is 6.54 Å². The molecule has 0 amide bonds. The second-order valence-corrected chi connectivity index (χ2v) is 4.49. The predicted molar refractivity (Wildman–Crippen MR) is 81.2 cm³/mol. The van der Waals surface area contributed by atoms with Gasteiger partial charge in [0.05, 0.1) is 18.4 Å². The van der Waals surface area contributed by atoms with Crippen molar-refractivity contribution in [2.75, 3.05) is 5.32 Å². The number of hydrogen-bond donors (Lipinski definition) is 1. The van der Waals surface area contributed by atoms with Gasteiger partial charge in [-0.05, 0) is 23.3 Å². The van der Waals surface area contributed by atoms with Crippen LogP contribution in [0.5, 0.6) is 0 Å². The number of nitrogens with zero attached hydrogens (tertiary/aromatic N) is 2. The fourth-order valence-corrected chi connectivity index (χ4v) is 2.03. The number of anilines is 1. The molecule has 0 bridgehead atoms. The Kier molecular flexibility index (Phi) is 3.69. The Hall–Kier alpha value is -2.68. The van der Waals surface area contributed by atoms with Gasteiger partial charge in [0.2, 0.25) is 0 Å². The quantitative estimate of drug-likeness (QED) is 0.777. The van der Waals surface area contributed by atoms with Crippen LogP contribution in [0.4, 0.5) is 5.69 Å². The van der Waals surface area contributed by atoms with E-state index in [9.17, 15) is 0 Å². The first-order valence-corrected chi connectivity index (χ1v) is 6.56. The Bertz CT molecular complexity index is 649. The van der Waals surface area contributed by atoms with E-state index < -0.39 is 0 Å². The van der Waals surface area contributed by atoms with E-state index in [1.807, 2.05) is 6.07 Å². The summed E-state index contributed by atoms with van der Waals surface area (Å²) in [5, 5.41) is 3.34. The van der Waals surface area contributed by atoms with E-state index in [-0.39, 0.29) is 0 Å². The molecular formula is C17H15N3. The monoisotopic (exact) mass is 261 g/mol. The van der Waals surface area contributed by atoms with Crippen molar-refractivity contribution in [2.45, 2.75) is 6.54 Å². The minimum absolute atomic E-state index is 0.679. The van der Waals surface area contributed by atoms with Crippen LogP contribution < -0.4 is 5.32 Å². The highest BCUT2D eigenvalue weighted by Gasteiger charge is 1.98. The topological polar surface area (TPSA) is 37.8 Å². The van der Waals surface area contributed by atoms with E-state index in [0.29, 0.717) is 6.54 Å². The zero-order valence-electron chi connectivity index (χ0n) is 11.0. The second kappa shape index (κ2) is 5.97. The highest BCUT2D eigenvalue weighted by Crippen LogP contribution is 2.21. The third-order valence-electron chi connectivity index (χ3n) is 3.08. The smallest absolute Gasteiger partial charge is 0.0777 e. The number of hydrogen-bond acceptors (Lipinski definition) is 3. The molecule has 3 heteroatoms. The van der Waals surface area contributed by atoms with Crippen LogP contribution in [0.25, 0.3) is 11.1 Å². The van der Waals surface area contributed by atoms with E-state index >= 15 is 0 Å². The average Bonchev–Trinajstić information content (AvgIpc) is 2.55. The zero-order chi connectivity index (χ0) is 13.6. The first kappa shape index (κ1) is 12.4. The third-order valence-corrected chi connectivity index (χ3v) is 3.08. The molecule has 0 radical (unpaired) electrons. The van der Waals surface area contributed by atoms with E-state index in [4.69, 9.17) is 0 Å². The van der Waals surface area contributed by atoms with Crippen molar-refractivity contribution in [2.24, 2.45) is 0 Å². The number of nitrogens with one attached hydrogen (secondary N) is 1. The normalized spacial score (nSPS) is 10.2. The Balaban J connectivity index is 1.68. The molecule has 1 aromatic heterocycles. The maximum Gasteiger partial charge on any atom is 0.0777 e. The summed E-state index contributed by atoms with van der Waals surface area (Å²) >= 11 is 0. The highest BCUT2D eigenvalue weighted by atomic mass is 14.9. The lowest BCUT2D eigenvalue weighted by molar-refractivity contribution is 1.01. The zero-order valence-corrected chi connectivity index (χ0v) is 11.0. The number of rotatable bonds is 4. The molecule has 0 saturated carbocycles. The minimum Gasteiger partial charge on any atom is -0.379 e. The van der Waals surface area contributed by atoms with Gasteiger partial charge in [0.25, 0.3) is 0 Å². The van der Waals surface area contributed by atoms with Crippen molar-refractivity contribution in [3.8, 4) is 11.1 Å². The molecule has 0 atom stereocenters. The van der Waals surface area contributed by atoms with Gasteiger partial charge in [0.1, 0.15) is 0 Å². The van der Waals surface area contributed by atoms with E-state index in [0.717, 1.165) is 11.4 Å². The predicted octanol–water partition coefficient (Wildman–Crippen LogP) is 3.76. The Labute approximate surface area is 118 Å². The van der Waals surface area contributed by atoms with Crippen LogP contribution in [0.2, 0.25) is 0 Å². The summed E-state index contributed by atoms with van der Waals surface area (Å²) < 4.78 is 0. The summed E-state index contributed by atoms with van der Waals surface area (Å²) in [7, 11) is 0. The van der Waals surface area contributed by atoms with Crippen molar-refractivity contribution in [1.29, 1.82) is 0 Å². The highest BCUT2D eigenvalue weighted by molar-refractivity contribution is 5.65. The van der Waals surface area contributed by atoms with E-state index in [1.54, 1.807) is 18.6 Å². The van der Waals surface area contributed by atoms with Gasteiger partial charge in [-0.2, -0.15) is 0 Å². The molecule has 0 unspecified atom stereocenters. The maximum absolute atomic E-state index is 4.23. The first-order chi connectivity index (χ1) is 9.92. The molecule has 1 N–H and O–H groups in total. The van der Waals surface area contributed by atoms with Crippen LogP contribution in [0.15, 0.2) is 73.2 Å². The Morgan fingerprint density at radius 2 is 1.55 bits per heavy atom. The van der Waals surface area contributed by atoms with Crippen molar-refractivity contribution in [3.05, 3.63) is 78.9 Å². The average molecular weight is 261 g/mol. The van der Waals surface area contributed by atoms with Gasteiger partial charge in [0, 0.05) is 18.1 Å². The number of benzene rings is 2. The van der Waals surface area contributed by atoms with Gasteiger partial charge in [-0.15, -0.1) is 0 Å². The molecule has 0 saturated heterocycles. The molecule has 98 valence electrons. The van der Waals surface area contributed by atoms with Crippen molar-refractivity contribution >= 4 is 5.69 Å². The minimum atomic E-state index is 0.679. The molecule has 0 spiro atoms. The molecule has 0 aliphatic heterocycles. The van der Waals surface area contributed by atoms with Gasteiger partial charge < -0.3 is 5.32 Å². The first-order valence-electron chi connectivity index (χ1n) is 6.56. The summed E-state index contributed by atoms with van der Waals surface area (Å²) in [5.41, 5.74) is 4.46. The van der Waals surface area contributed by atoms with E-state index in [2.05, 4.69) is 63.8 Å². The molecule has 2 aromatic carbocycles. The van der Waals surface area contributed by atoms with E-state index in [1.165, 1.54) is 11.1 Å². The fraction of sp³-hybridized carbons (Fsp3) is 0.0588. The van der Waals surface area contributed by atoms with Crippen LogP contribution in [0.1, 0.15) is 5.69 Å². The molecule has 0 fully saturated rings. The molecule has 3 nitrogen and oxygen atoms in total. The third kappa shape index (κ3) is 3.01.